The second-order valence-corrected chi connectivity index (χ2v) is 6.42. The van der Waals surface area contributed by atoms with Crippen LogP contribution in [0.4, 0.5) is 11.8 Å². The third-order valence-electron chi connectivity index (χ3n) is 4.44. The molecule has 0 bridgehead atoms. The van der Waals surface area contributed by atoms with Crippen molar-refractivity contribution < 1.29 is 0 Å². The van der Waals surface area contributed by atoms with Gasteiger partial charge in [-0.3, -0.25) is 0 Å². The molecule has 0 aliphatic carbocycles. The van der Waals surface area contributed by atoms with E-state index in [0.29, 0.717) is 17.0 Å². The number of rotatable bonds is 5. The molecule has 3 heterocycles. The van der Waals surface area contributed by atoms with Gasteiger partial charge in [-0.25, -0.2) is 4.98 Å². The Bertz CT molecular complexity index is 481. The molecule has 0 spiro atoms. The minimum atomic E-state index is 0.468. The van der Waals surface area contributed by atoms with Gasteiger partial charge in [0.2, 0.25) is 5.95 Å². The van der Waals surface area contributed by atoms with E-state index in [-0.39, 0.29) is 0 Å². The van der Waals surface area contributed by atoms with Gasteiger partial charge in [0.1, 0.15) is 5.02 Å². The largest absolute Gasteiger partial charge is 0.366 e. The van der Waals surface area contributed by atoms with E-state index in [1.807, 2.05) is 0 Å². The lowest BCUT2D eigenvalue weighted by Gasteiger charge is -2.35. The molecule has 3 rings (SSSR count). The molecule has 0 radical (unpaired) electrons. The van der Waals surface area contributed by atoms with Crippen molar-refractivity contribution in [2.24, 2.45) is 0 Å². The molecule has 2 unspecified atom stereocenters. The number of hydrogen-bond donors (Lipinski definition) is 2. The van der Waals surface area contributed by atoms with E-state index in [0.717, 1.165) is 31.2 Å². The van der Waals surface area contributed by atoms with E-state index in [4.69, 9.17) is 11.6 Å². The summed E-state index contributed by atoms with van der Waals surface area (Å²) in [6.45, 7) is 5.46. The van der Waals surface area contributed by atoms with E-state index in [9.17, 15) is 0 Å². The summed E-state index contributed by atoms with van der Waals surface area (Å²) in [5.74, 6) is 1.42. The molecular weight excluding hydrogens is 286 g/mol. The van der Waals surface area contributed by atoms with Crippen LogP contribution in [0.2, 0.25) is 5.02 Å². The zero-order chi connectivity index (χ0) is 14.7. The van der Waals surface area contributed by atoms with Crippen molar-refractivity contribution in [1.29, 1.82) is 0 Å². The lowest BCUT2D eigenvalue weighted by Crippen LogP contribution is -2.42. The molecule has 2 fully saturated rings. The highest BCUT2D eigenvalue weighted by Crippen LogP contribution is 2.29. The maximum Gasteiger partial charge on any atom is 0.224 e. The highest BCUT2D eigenvalue weighted by atomic mass is 35.5. The minimum Gasteiger partial charge on any atom is -0.366 e. The van der Waals surface area contributed by atoms with Crippen LogP contribution in [0.3, 0.4) is 0 Å². The molecule has 2 N–H and O–H groups in total. The Kier molecular flexibility index (Phi) is 4.80. The third-order valence-corrected chi connectivity index (χ3v) is 4.72. The number of aromatic nitrogens is 2. The number of nitrogens with zero attached hydrogens (tertiary/aromatic N) is 3. The quantitative estimate of drug-likeness (QED) is 0.876. The standard InChI is InChI=1S/C15H24ClN5/c1-2-6-17-15-18-10-13(16)14(20-15)19-11-5-8-21-7-3-4-12(21)9-11/h10-12H,2-9H2,1H3,(H2,17,18,19,20). The summed E-state index contributed by atoms with van der Waals surface area (Å²) in [6, 6.07) is 1.21. The molecule has 116 valence electrons. The SMILES string of the molecule is CCCNc1ncc(Cl)c(NC2CCN3CCCC3C2)n1. The zero-order valence-electron chi connectivity index (χ0n) is 12.6. The van der Waals surface area contributed by atoms with Crippen molar-refractivity contribution in [3.05, 3.63) is 11.2 Å². The van der Waals surface area contributed by atoms with Gasteiger partial charge in [-0.2, -0.15) is 4.98 Å². The first-order chi connectivity index (χ1) is 10.3. The Hall–Kier alpha value is -1.07. The first-order valence-electron chi connectivity index (χ1n) is 8.03. The topological polar surface area (TPSA) is 53.1 Å². The fourth-order valence-electron chi connectivity index (χ4n) is 3.34. The van der Waals surface area contributed by atoms with Crippen LogP contribution < -0.4 is 10.6 Å². The number of hydrogen-bond acceptors (Lipinski definition) is 5. The molecule has 0 saturated carbocycles. The number of anilines is 2. The van der Waals surface area contributed by atoms with Crippen molar-refractivity contribution in [3.63, 3.8) is 0 Å². The average Bonchev–Trinajstić information content (AvgIpc) is 2.95. The smallest absolute Gasteiger partial charge is 0.224 e. The first-order valence-corrected chi connectivity index (χ1v) is 8.41. The van der Waals surface area contributed by atoms with Crippen LogP contribution >= 0.6 is 11.6 Å². The van der Waals surface area contributed by atoms with Gasteiger partial charge in [-0.1, -0.05) is 18.5 Å². The van der Waals surface area contributed by atoms with Crippen LogP contribution in [-0.4, -0.2) is 46.6 Å². The van der Waals surface area contributed by atoms with Crippen molar-refractivity contribution in [1.82, 2.24) is 14.9 Å². The van der Waals surface area contributed by atoms with Crippen LogP contribution in [0.1, 0.15) is 39.0 Å². The number of halogens is 1. The van der Waals surface area contributed by atoms with Gasteiger partial charge in [-0.15, -0.1) is 0 Å². The second-order valence-electron chi connectivity index (χ2n) is 6.01. The number of fused-ring (bicyclic) bond motifs is 1. The molecule has 2 aliphatic rings. The number of nitrogens with one attached hydrogen (secondary N) is 2. The van der Waals surface area contributed by atoms with E-state index in [1.165, 1.54) is 32.4 Å². The molecule has 5 nitrogen and oxygen atoms in total. The van der Waals surface area contributed by atoms with Crippen LogP contribution in [-0.2, 0) is 0 Å². The predicted molar refractivity (Wildman–Crippen MR) is 87.1 cm³/mol. The van der Waals surface area contributed by atoms with Gasteiger partial charge in [-0.05, 0) is 38.6 Å². The molecular formula is C15H24ClN5. The molecule has 2 atom stereocenters. The Morgan fingerprint density at radius 2 is 2.29 bits per heavy atom. The maximum absolute atomic E-state index is 6.24. The van der Waals surface area contributed by atoms with Crippen LogP contribution in [0.25, 0.3) is 0 Å². The molecule has 1 aromatic rings. The van der Waals surface area contributed by atoms with Crippen molar-refractivity contribution >= 4 is 23.4 Å². The lowest BCUT2D eigenvalue weighted by molar-refractivity contribution is 0.188. The number of piperidine rings is 1. The second kappa shape index (κ2) is 6.79. The summed E-state index contributed by atoms with van der Waals surface area (Å²) in [5.41, 5.74) is 0. The molecule has 2 aliphatic heterocycles. The Morgan fingerprint density at radius 3 is 3.14 bits per heavy atom. The summed E-state index contributed by atoms with van der Waals surface area (Å²) in [4.78, 5) is 11.3. The minimum absolute atomic E-state index is 0.468. The lowest BCUT2D eigenvalue weighted by atomic mass is 9.97. The Morgan fingerprint density at radius 1 is 1.38 bits per heavy atom. The van der Waals surface area contributed by atoms with E-state index < -0.39 is 0 Å². The molecule has 6 heteroatoms. The van der Waals surface area contributed by atoms with E-state index in [2.05, 4.69) is 32.4 Å². The van der Waals surface area contributed by atoms with Crippen LogP contribution in [0.15, 0.2) is 6.20 Å². The van der Waals surface area contributed by atoms with E-state index in [1.54, 1.807) is 6.20 Å². The summed E-state index contributed by atoms with van der Waals surface area (Å²) in [6.07, 6.45) is 7.76. The summed E-state index contributed by atoms with van der Waals surface area (Å²) in [5, 5.41) is 7.34. The predicted octanol–water partition coefficient (Wildman–Crippen LogP) is 2.99. The normalized spacial score (nSPS) is 25.6. The van der Waals surface area contributed by atoms with Gasteiger partial charge < -0.3 is 15.5 Å². The van der Waals surface area contributed by atoms with Crippen LogP contribution in [0.5, 0.6) is 0 Å². The fraction of sp³-hybridized carbons (Fsp3) is 0.733. The van der Waals surface area contributed by atoms with Crippen molar-refractivity contribution in [2.75, 3.05) is 30.3 Å². The summed E-state index contributed by atoms with van der Waals surface area (Å²) >= 11 is 6.24. The van der Waals surface area contributed by atoms with Crippen molar-refractivity contribution in [2.45, 2.75) is 51.1 Å². The zero-order valence-corrected chi connectivity index (χ0v) is 13.4. The van der Waals surface area contributed by atoms with Gasteiger partial charge in [0.05, 0.1) is 6.20 Å². The van der Waals surface area contributed by atoms with Crippen molar-refractivity contribution in [3.8, 4) is 0 Å². The maximum atomic E-state index is 6.24. The molecule has 2 saturated heterocycles. The first kappa shape index (κ1) is 14.9. The summed E-state index contributed by atoms with van der Waals surface area (Å²) < 4.78 is 0. The van der Waals surface area contributed by atoms with Gasteiger partial charge in [0, 0.05) is 25.2 Å². The van der Waals surface area contributed by atoms with E-state index >= 15 is 0 Å². The highest BCUT2D eigenvalue weighted by molar-refractivity contribution is 6.32. The Labute approximate surface area is 131 Å². The van der Waals surface area contributed by atoms with Gasteiger partial charge in [0.15, 0.2) is 5.82 Å². The Balaban J connectivity index is 1.63. The van der Waals surface area contributed by atoms with Gasteiger partial charge in [0.25, 0.3) is 0 Å². The fourth-order valence-corrected chi connectivity index (χ4v) is 3.48. The van der Waals surface area contributed by atoms with Gasteiger partial charge >= 0.3 is 0 Å². The molecule has 1 aromatic heterocycles. The third kappa shape index (κ3) is 3.58. The average molecular weight is 310 g/mol. The summed E-state index contributed by atoms with van der Waals surface area (Å²) in [7, 11) is 0. The monoisotopic (exact) mass is 309 g/mol. The van der Waals surface area contributed by atoms with Crippen LogP contribution in [0, 0.1) is 0 Å². The molecule has 21 heavy (non-hydrogen) atoms. The molecule has 0 amide bonds. The highest BCUT2D eigenvalue weighted by Gasteiger charge is 2.31. The molecule has 0 aromatic carbocycles.